The lowest BCUT2D eigenvalue weighted by molar-refractivity contribution is -0.132. The molecule has 0 saturated carbocycles. The van der Waals surface area contributed by atoms with E-state index >= 15 is 0 Å². The first kappa shape index (κ1) is 23.6. The fourth-order valence-corrected chi connectivity index (χ4v) is 5.13. The van der Waals surface area contributed by atoms with Crippen molar-refractivity contribution in [3.63, 3.8) is 0 Å². The molecule has 1 saturated heterocycles. The molecule has 1 unspecified atom stereocenters. The molecule has 0 aliphatic carbocycles. The molecular weight excluding hydrogens is 480 g/mol. The van der Waals surface area contributed by atoms with Crippen LogP contribution in [0.2, 0.25) is 0 Å². The van der Waals surface area contributed by atoms with Crippen molar-refractivity contribution in [2.75, 3.05) is 18.1 Å². The number of furan rings is 1. The number of aromatic nitrogens is 1. The van der Waals surface area contributed by atoms with Gasteiger partial charge in [-0.2, -0.15) is 0 Å². The van der Waals surface area contributed by atoms with E-state index in [0.29, 0.717) is 46.7 Å². The maximum atomic E-state index is 13.3. The van der Waals surface area contributed by atoms with Crippen LogP contribution >= 0.6 is 11.3 Å². The number of Topliss-reactive ketones (excluding diaryl/α,β-unsaturated/α-hetero) is 1. The molecule has 4 aromatic rings. The summed E-state index contributed by atoms with van der Waals surface area (Å²) < 4.78 is 17.7. The molecule has 1 aliphatic rings. The summed E-state index contributed by atoms with van der Waals surface area (Å²) in [5, 5.41) is 11.6. The summed E-state index contributed by atoms with van der Waals surface area (Å²) in [7, 11) is 0. The van der Waals surface area contributed by atoms with Gasteiger partial charge in [0.15, 0.2) is 5.13 Å². The molecule has 184 valence electrons. The summed E-state index contributed by atoms with van der Waals surface area (Å²) in [5.74, 6) is -0.332. The van der Waals surface area contributed by atoms with Crippen LogP contribution in [0.15, 0.2) is 70.9 Å². The minimum absolute atomic E-state index is 0.0724. The SMILES string of the molecule is CCCOc1cccc(C(O)=C2C(=O)C(=O)N(c3nc4ccc(OCC)cc4s3)C2c2ccco2)c1. The maximum absolute atomic E-state index is 13.3. The van der Waals surface area contributed by atoms with Crippen LogP contribution in [0, 0.1) is 0 Å². The number of amides is 1. The molecule has 1 atom stereocenters. The van der Waals surface area contributed by atoms with Gasteiger partial charge in [0.1, 0.15) is 29.1 Å². The number of aliphatic hydroxyl groups is 1. The molecular formula is C27H24N2O6S. The van der Waals surface area contributed by atoms with Gasteiger partial charge in [0.25, 0.3) is 5.78 Å². The molecule has 5 rings (SSSR count). The van der Waals surface area contributed by atoms with Crippen molar-refractivity contribution in [3.8, 4) is 11.5 Å². The number of aliphatic hydroxyl groups excluding tert-OH is 1. The number of thiazole rings is 1. The van der Waals surface area contributed by atoms with Gasteiger partial charge in [-0.15, -0.1) is 0 Å². The van der Waals surface area contributed by atoms with Crippen molar-refractivity contribution < 1.29 is 28.6 Å². The molecule has 8 nitrogen and oxygen atoms in total. The van der Waals surface area contributed by atoms with Crippen molar-refractivity contribution in [3.05, 3.63) is 77.8 Å². The highest BCUT2D eigenvalue weighted by atomic mass is 32.1. The van der Waals surface area contributed by atoms with E-state index < -0.39 is 17.7 Å². The number of ketones is 1. The maximum Gasteiger partial charge on any atom is 0.302 e. The molecule has 1 amide bonds. The minimum Gasteiger partial charge on any atom is -0.507 e. The normalized spacial score (nSPS) is 17.2. The summed E-state index contributed by atoms with van der Waals surface area (Å²) >= 11 is 1.26. The summed E-state index contributed by atoms with van der Waals surface area (Å²) in [6.07, 6.45) is 2.29. The Labute approximate surface area is 211 Å². The van der Waals surface area contributed by atoms with E-state index in [1.165, 1.54) is 22.5 Å². The highest BCUT2D eigenvalue weighted by molar-refractivity contribution is 7.22. The molecule has 1 aliphatic heterocycles. The van der Waals surface area contributed by atoms with Crippen LogP contribution < -0.4 is 14.4 Å². The summed E-state index contributed by atoms with van der Waals surface area (Å²) in [4.78, 5) is 32.5. The van der Waals surface area contributed by atoms with Gasteiger partial charge in [-0.25, -0.2) is 4.98 Å². The van der Waals surface area contributed by atoms with Gasteiger partial charge in [0.05, 0.1) is 35.3 Å². The number of hydrogen-bond acceptors (Lipinski definition) is 8. The number of ether oxygens (including phenoxy) is 2. The van der Waals surface area contributed by atoms with E-state index in [1.807, 2.05) is 19.9 Å². The zero-order chi connectivity index (χ0) is 25.2. The second kappa shape index (κ2) is 9.87. The number of nitrogens with zero attached hydrogens (tertiary/aromatic N) is 2. The van der Waals surface area contributed by atoms with E-state index in [4.69, 9.17) is 13.9 Å². The predicted molar refractivity (Wildman–Crippen MR) is 137 cm³/mol. The monoisotopic (exact) mass is 504 g/mol. The number of rotatable bonds is 8. The van der Waals surface area contributed by atoms with E-state index in [-0.39, 0.29) is 11.3 Å². The standard InChI is InChI=1S/C27H24N2O6S/c1-3-12-34-17-8-5-7-16(14-17)24(30)22-23(20-9-6-13-35-20)29(26(32)25(22)31)27-28-19-11-10-18(33-4-2)15-21(19)36-27/h5-11,13-15,23,30H,3-4,12H2,1-2H3. The zero-order valence-corrected chi connectivity index (χ0v) is 20.6. The van der Waals surface area contributed by atoms with Gasteiger partial charge in [-0.05, 0) is 55.8 Å². The number of carbonyl (C=O) groups is 2. The third-order valence-electron chi connectivity index (χ3n) is 5.70. The molecule has 2 aromatic carbocycles. The fourth-order valence-electron chi connectivity index (χ4n) is 4.11. The quantitative estimate of drug-likeness (QED) is 0.186. The Morgan fingerprint density at radius 1 is 1.08 bits per heavy atom. The molecule has 1 N–H and O–H groups in total. The Kier molecular flexibility index (Phi) is 6.47. The highest BCUT2D eigenvalue weighted by Crippen LogP contribution is 2.44. The van der Waals surface area contributed by atoms with Crippen LogP contribution in [-0.4, -0.2) is 35.0 Å². The largest absolute Gasteiger partial charge is 0.507 e. The Bertz CT molecular complexity index is 1460. The number of anilines is 1. The van der Waals surface area contributed by atoms with Crippen molar-refractivity contribution in [1.29, 1.82) is 0 Å². The average molecular weight is 505 g/mol. The summed E-state index contributed by atoms with van der Waals surface area (Å²) in [6.45, 7) is 4.93. The van der Waals surface area contributed by atoms with Crippen molar-refractivity contribution >= 4 is 44.1 Å². The minimum atomic E-state index is -0.979. The first-order valence-electron chi connectivity index (χ1n) is 11.6. The van der Waals surface area contributed by atoms with Crippen LogP contribution in [0.5, 0.6) is 11.5 Å². The first-order valence-corrected chi connectivity index (χ1v) is 12.4. The lowest BCUT2D eigenvalue weighted by atomic mass is 9.99. The van der Waals surface area contributed by atoms with Crippen LogP contribution in [0.4, 0.5) is 5.13 Å². The highest BCUT2D eigenvalue weighted by Gasteiger charge is 2.49. The summed E-state index contributed by atoms with van der Waals surface area (Å²) in [5.41, 5.74) is 0.958. The lowest BCUT2D eigenvalue weighted by Gasteiger charge is -2.20. The van der Waals surface area contributed by atoms with E-state index in [0.717, 1.165) is 11.1 Å². The van der Waals surface area contributed by atoms with Gasteiger partial charge in [-0.1, -0.05) is 30.4 Å². The molecule has 36 heavy (non-hydrogen) atoms. The van der Waals surface area contributed by atoms with Gasteiger partial charge in [0, 0.05) is 5.56 Å². The summed E-state index contributed by atoms with van der Waals surface area (Å²) in [6, 6.07) is 14.6. The third-order valence-corrected chi connectivity index (χ3v) is 6.72. The van der Waals surface area contributed by atoms with Crippen LogP contribution in [0.25, 0.3) is 16.0 Å². The van der Waals surface area contributed by atoms with Gasteiger partial charge < -0.3 is 19.0 Å². The van der Waals surface area contributed by atoms with E-state index in [9.17, 15) is 14.7 Å². The van der Waals surface area contributed by atoms with Gasteiger partial charge >= 0.3 is 5.91 Å². The Morgan fingerprint density at radius 2 is 1.92 bits per heavy atom. The number of benzene rings is 2. The van der Waals surface area contributed by atoms with Gasteiger partial charge in [0.2, 0.25) is 0 Å². The Hall–Kier alpha value is -4.11. The second-order valence-corrected chi connectivity index (χ2v) is 9.13. The van der Waals surface area contributed by atoms with Crippen molar-refractivity contribution in [2.45, 2.75) is 26.3 Å². The number of carbonyl (C=O) groups excluding carboxylic acids is 2. The topological polar surface area (TPSA) is 102 Å². The van der Waals surface area contributed by atoms with Gasteiger partial charge in [-0.3, -0.25) is 14.5 Å². The Morgan fingerprint density at radius 3 is 2.67 bits per heavy atom. The predicted octanol–water partition coefficient (Wildman–Crippen LogP) is 5.70. The third kappa shape index (κ3) is 4.22. The molecule has 1 fully saturated rings. The van der Waals surface area contributed by atoms with Crippen molar-refractivity contribution in [1.82, 2.24) is 4.98 Å². The lowest BCUT2D eigenvalue weighted by Crippen LogP contribution is -2.29. The zero-order valence-electron chi connectivity index (χ0n) is 19.8. The molecule has 0 spiro atoms. The van der Waals surface area contributed by atoms with Crippen LogP contribution in [0.1, 0.15) is 37.6 Å². The molecule has 3 heterocycles. The molecule has 9 heteroatoms. The van der Waals surface area contributed by atoms with E-state index in [1.54, 1.807) is 48.5 Å². The smallest absolute Gasteiger partial charge is 0.302 e. The number of hydrogen-bond donors (Lipinski definition) is 1. The van der Waals surface area contributed by atoms with Crippen molar-refractivity contribution in [2.24, 2.45) is 0 Å². The fraction of sp³-hybridized carbons (Fsp3) is 0.222. The molecule has 0 radical (unpaired) electrons. The number of fused-ring (bicyclic) bond motifs is 1. The molecule has 2 aromatic heterocycles. The average Bonchev–Trinajstić information content (AvgIpc) is 3.61. The molecule has 0 bridgehead atoms. The van der Waals surface area contributed by atoms with E-state index in [2.05, 4.69) is 4.98 Å². The second-order valence-electron chi connectivity index (χ2n) is 8.12. The van der Waals surface area contributed by atoms with Crippen LogP contribution in [0.3, 0.4) is 0 Å². The first-order chi connectivity index (χ1) is 17.5. The van der Waals surface area contributed by atoms with Crippen LogP contribution in [-0.2, 0) is 9.59 Å². The Balaban J connectivity index is 1.62.